The molecular formula is C57H37N5. The van der Waals surface area contributed by atoms with Crippen molar-refractivity contribution in [3.63, 3.8) is 0 Å². The standard InChI is InChI=1S/C57H37N5/c1-5-17-38(18-6-1)42-29-31-49-47-25-13-15-27-51(47)61(53(49)36-42)45-30-32-50-48-26-14-16-28-52(48)62(54(50)37-45)46-34-43(39-19-7-2-8-20-39)33-44(35-46)57-59-55(40-21-9-3-10-22-40)58-56(60-57)41-23-11-4-12-24-41/h1-37H. The van der Waals surface area contributed by atoms with E-state index in [0.29, 0.717) is 17.5 Å². The number of hydrogen-bond donors (Lipinski definition) is 0. The van der Waals surface area contributed by atoms with Crippen LogP contribution in [-0.4, -0.2) is 24.1 Å². The van der Waals surface area contributed by atoms with Crippen molar-refractivity contribution in [2.45, 2.75) is 0 Å². The average Bonchev–Trinajstić information content (AvgIpc) is 3.87. The summed E-state index contributed by atoms with van der Waals surface area (Å²) in [6.07, 6.45) is 0. The maximum Gasteiger partial charge on any atom is 0.164 e. The van der Waals surface area contributed by atoms with E-state index in [1.54, 1.807) is 0 Å². The quantitative estimate of drug-likeness (QED) is 0.162. The Morgan fingerprint density at radius 3 is 1.19 bits per heavy atom. The average molecular weight is 792 g/mol. The Balaban J connectivity index is 1.12. The van der Waals surface area contributed by atoms with Crippen LogP contribution in [0.15, 0.2) is 224 Å². The van der Waals surface area contributed by atoms with Crippen molar-refractivity contribution in [1.82, 2.24) is 24.1 Å². The topological polar surface area (TPSA) is 48.5 Å². The molecule has 5 nitrogen and oxygen atoms in total. The molecule has 0 saturated heterocycles. The second kappa shape index (κ2) is 14.7. The van der Waals surface area contributed by atoms with Gasteiger partial charge in [-0.2, -0.15) is 0 Å². The molecule has 0 aliphatic carbocycles. The first-order valence-corrected chi connectivity index (χ1v) is 20.9. The predicted octanol–water partition coefficient (Wildman–Crippen LogP) is 14.4. The van der Waals surface area contributed by atoms with Crippen LogP contribution < -0.4 is 0 Å². The van der Waals surface area contributed by atoms with E-state index in [4.69, 9.17) is 15.0 Å². The first-order chi connectivity index (χ1) is 30.7. The molecule has 12 aromatic rings. The number of nitrogens with zero attached hydrogens (tertiary/aromatic N) is 5. The number of aromatic nitrogens is 5. The molecule has 0 spiro atoms. The molecular weight excluding hydrogens is 755 g/mol. The Morgan fingerprint density at radius 2 is 0.629 bits per heavy atom. The van der Waals surface area contributed by atoms with Crippen LogP contribution in [0.1, 0.15) is 0 Å². The number of benzene rings is 9. The summed E-state index contributed by atoms with van der Waals surface area (Å²) in [6, 6.07) is 79.5. The third-order valence-electron chi connectivity index (χ3n) is 11.9. The summed E-state index contributed by atoms with van der Waals surface area (Å²) in [6.45, 7) is 0. The van der Waals surface area contributed by atoms with E-state index in [2.05, 4.69) is 197 Å². The van der Waals surface area contributed by atoms with Gasteiger partial charge in [-0.05, 0) is 70.8 Å². The van der Waals surface area contributed by atoms with Gasteiger partial charge in [-0.3, -0.25) is 0 Å². The van der Waals surface area contributed by atoms with E-state index >= 15 is 0 Å². The second-order valence-electron chi connectivity index (χ2n) is 15.7. The first-order valence-electron chi connectivity index (χ1n) is 20.9. The van der Waals surface area contributed by atoms with Gasteiger partial charge in [0.15, 0.2) is 17.5 Å². The highest BCUT2D eigenvalue weighted by atomic mass is 15.0. The van der Waals surface area contributed by atoms with Gasteiger partial charge in [0.25, 0.3) is 0 Å². The SMILES string of the molecule is c1ccc(-c2cc(-c3nc(-c4ccccc4)nc(-c4ccccc4)n3)cc(-n3c4ccccc4c4ccc(-n5c6ccccc6c6ccc(-c7ccccc7)cc65)cc43)c2)cc1. The van der Waals surface area contributed by atoms with Gasteiger partial charge in [0.05, 0.1) is 22.1 Å². The Hall–Kier alpha value is -8.41. The van der Waals surface area contributed by atoms with Gasteiger partial charge < -0.3 is 9.13 Å². The molecule has 12 rings (SSSR count). The molecule has 0 N–H and O–H groups in total. The van der Waals surface area contributed by atoms with E-state index in [0.717, 1.165) is 50.2 Å². The highest BCUT2D eigenvalue weighted by molar-refractivity contribution is 6.12. The Kier molecular flexibility index (Phi) is 8.42. The first kappa shape index (κ1) is 35.5. The summed E-state index contributed by atoms with van der Waals surface area (Å²) in [5, 5.41) is 4.82. The van der Waals surface area contributed by atoms with Crippen LogP contribution >= 0.6 is 0 Å². The number of fused-ring (bicyclic) bond motifs is 6. The monoisotopic (exact) mass is 791 g/mol. The lowest BCUT2D eigenvalue weighted by atomic mass is 10.0. The lowest BCUT2D eigenvalue weighted by Crippen LogP contribution is -2.02. The summed E-state index contributed by atoms with van der Waals surface area (Å²) in [4.78, 5) is 15.4. The molecule has 0 radical (unpaired) electrons. The number of para-hydroxylation sites is 2. The van der Waals surface area contributed by atoms with Crippen molar-refractivity contribution < 1.29 is 0 Å². The fraction of sp³-hybridized carbons (Fsp3) is 0. The van der Waals surface area contributed by atoms with Gasteiger partial charge >= 0.3 is 0 Å². The van der Waals surface area contributed by atoms with Crippen LogP contribution in [0, 0.1) is 0 Å². The second-order valence-corrected chi connectivity index (χ2v) is 15.7. The smallest absolute Gasteiger partial charge is 0.164 e. The van der Waals surface area contributed by atoms with Crippen molar-refractivity contribution in [2.75, 3.05) is 0 Å². The van der Waals surface area contributed by atoms with Crippen molar-refractivity contribution in [2.24, 2.45) is 0 Å². The van der Waals surface area contributed by atoms with Crippen LogP contribution in [0.3, 0.4) is 0 Å². The largest absolute Gasteiger partial charge is 0.309 e. The van der Waals surface area contributed by atoms with Crippen LogP contribution in [0.5, 0.6) is 0 Å². The zero-order valence-electron chi connectivity index (χ0n) is 33.6. The Labute approximate surface area is 358 Å². The molecule has 0 aliphatic heterocycles. The molecule has 3 heterocycles. The molecule has 290 valence electrons. The molecule has 0 saturated carbocycles. The molecule has 5 heteroatoms. The minimum atomic E-state index is 0.609. The minimum absolute atomic E-state index is 0.609. The molecule has 0 atom stereocenters. The van der Waals surface area contributed by atoms with Crippen LogP contribution in [-0.2, 0) is 0 Å². The zero-order valence-corrected chi connectivity index (χ0v) is 33.6. The van der Waals surface area contributed by atoms with Gasteiger partial charge in [-0.25, -0.2) is 15.0 Å². The fourth-order valence-corrected chi connectivity index (χ4v) is 9.04. The van der Waals surface area contributed by atoms with E-state index in [1.807, 2.05) is 36.4 Å². The van der Waals surface area contributed by atoms with Crippen LogP contribution in [0.25, 0.3) is 111 Å². The summed E-state index contributed by atoms with van der Waals surface area (Å²) in [7, 11) is 0. The maximum atomic E-state index is 5.18. The lowest BCUT2D eigenvalue weighted by molar-refractivity contribution is 1.07. The molecule has 0 amide bonds. The summed E-state index contributed by atoms with van der Waals surface area (Å²) in [5.41, 5.74) is 14.0. The highest BCUT2D eigenvalue weighted by Gasteiger charge is 2.20. The fourth-order valence-electron chi connectivity index (χ4n) is 9.04. The summed E-state index contributed by atoms with van der Waals surface area (Å²) in [5.74, 6) is 1.87. The van der Waals surface area contributed by atoms with Crippen molar-refractivity contribution >= 4 is 43.6 Å². The normalized spacial score (nSPS) is 11.5. The summed E-state index contributed by atoms with van der Waals surface area (Å²) >= 11 is 0. The van der Waals surface area contributed by atoms with Gasteiger partial charge in [0.2, 0.25) is 0 Å². The predicted molar refractivity (Wildman–Crippen MR) is 256 cm³/mol. The van der Waals surface area contributed by atoms with Crippen molar-refractivity contribution in [1.29, 1.82) is 0 Å². The number of hydrogen-bond acceptors (Lipinski definition) is 3. The highest BCUT2D eigenvalue weighted by Crippen LogP contribution is 2.40. The molecule has 9 aromatic carbocycles. The minimum Gasteiger partial charge on any atom is -0.309 e. The third-order valence-corrected chi connectivity index (χ3v) is 11.9. The lowest BCUT2D eigenvalue weighted by Gasteiger charge is -2.15. The van der Waals surface area contributed by atoms with Gasteiger partial charge in [0, 0.05) is 49.6 Å². The zero-order chi connectivity index (χ0) is 41.0. The Bertz CT molecular complexity index is 3550. The number of rotatable bonds is 7. The Morgan fingerprint density at radius 1 is 0.226 bits per heavy atom. The molecule has 3 aromatic heterocycles. The third kappa shape index (κ3) is 6.06. The van der Waals surface area contributed by atoms with Gasteiger partial charge in [-0.1, -0.05) is 176 Å². The molecule has 62 heavy (non-hydrogen) atoms. The van der Waals surface area contributed by atoms with E-state index < -0.39 is 0 Å². The molecule has 0 fully saturated rings. The van der Waals surface area contributed by atoms with Crippen LogP contribution in [0.2, 0.25) is 0 Å². The van der Waals surface area contributed by atoms with Gasteiger partial charge in [-0.15, -0.1) is 0 Å². The van der Waals surface area contributed by atoms with E-state index in [-0.39, 0.29) is 0 Å². The van der Waals surface area contributed by atoms with Crippen LogP contribution in [0.4, 0.5) is 0 Å². The summed E-state index contributed by atoms with van der Waals surface area (Å²) < 4.78 is 4.83. The molecule has 0 unspecified atom stereocenters. The van der Waals surface area contributed by atoms with Crippen molar-refractivity contribution in [3.8, 4) is 67.8 Å². The van der Waals surface area contributed by atoms with E-state index in [1.165, 1.54) is 43.7 Å². The molecule has 0 aliphatic rings. The molecule has 0 bridgehead atoms. The van der Waals surface area contributed by atoms with Crippen molar-refractivity contribution in [3.05, 3.63) is 224 Å². The van der Waals surface area contributed by atoms with E-state index in [9.17, 15) is 0 Å². The maximum absolute atomic E-state index is 5.18. The van der Waals surface area contributed by atoms with Gasteiger partial charge in [0.1, 0.15) is 0 Å².